The van der Waals surface area contributed by atoms with Crippen molar-refractivity contribution < 1.29 is 33.0 Å². The fourth-order valence-electron chi connectivity index (χ4n) is 7.00. The van der Waals surface area contributed by atoms with Crippen molar-refractivity contribution in [2.24, 2.45) is 11.8 Å². The molecule has 4 aromatic rings. The van der Waals surface area contributed by atoms with Crippen LogP contribution in [0.2, 0.25) is 0 Å². The van der Waals surface area contributed by atoms with Gasteiger partial charge >= 0.3 is 12.1 Å². The van der Waals surface area contributed by atoms with E-state index in [-0.39, 0.29) is 36.2 Å². The molecule has 4 atom stereocenters. The molecule has 0 bridgehead atoms. The summed E-state index contributed by atoms with van der Waals surface area (Å²) >= 11 is 0. The lowest BCUT2D eigenvalue weighted by Gasteiger charge is -2.30. The predicted molar refractivity (Wildman–Crippen MR) is 190 cm³/mol. The summed E-state index contributed by atoms with van der Waals surface area (Å²) in [5.41, 5.74) is 2.59. The fourth-order valence-corrected chi connectivity index (χ4v) is 7.00. The van der Waals surface area contributed by atoms with Crippen LogP contribution in [-0.2, 0) is 23.9 Å². The summed E-state index contributed by atoms with van der Waals surface area (Å²) in [5.74, 6) is -0.423. The highest BCUT2D eigenvalue weighted by atomic mass is 19.1. The number of aromatic amines is 2. The number of nitrogens with one attached hydrogen (secondary N) is 3. The van der Waals surface area contributed by atoms with Gasteiger partial charge in [0.2, 0.25) is 11.8 Å². The van der Waals surface area contributed by atoms with Gasteiger partial charge in [-0.15, -0.1) is 0 Å². The molecule has 6 rings (SSSR count). The minimum atomic E-state index is -0.758. The number of carbonyl (C=O) groups is 4. The van der Waals surface area contributed by atoms with Gasteiger partial charge in [-0.3, -0.25) is 14.4 Å². The number of rotatable bonds is 11. The number of aromatic nitrogens is 6. The molecule has 2 aliphatic heterocycles. The Morgan fingerprint density at radius 2 is 1.43 bits per heavy atom. The van der Waals surface area contributed by atoms with E-state index in [2.05, 4.69) is 35.2 Å². The molecule has 280 valence electrons. The summed E-state index contributed by atoms with van der Waals surface area (Å²) in [6.07, 6.45) is 8.82. The van der Waals surface area contributed by atoms with E-state index >= 15 is 4.39 Å². The number of imidazole rings is 2. The number of hydrogen-bond acceptors (Lipinski definition) is 10. The molecule has 3 aromatic heterocycles. The van der Waals surface area contributed by atoms with E-state index in [1.54, 1.807) is 53.6 Å². The van der Waals surface area contributed by atoms with Crippen LogP contribution in [0.5, 0.6) is 0 Å². The van der Waals surface area contributed by atoms with Gasteiger partial charge in [-0.25, -0.2) is 29.1 Å². The van der Waals surface area contributed by atoms with Gasteiger partial charge in [0.25, 0.3) is 0 Å². The highest BCUT2D eigenvalue weighted by molar-refractivity contribution is 5.86. The van der Waals surface area contributed by atoms with E-state index in [1.807, 2.05) is 13.8 Å². The molecule has 15 nitrogen and oxygen atoms in total. The van der Waals surface area contributed by atoms with Crippen molar-refractivity contribution in [3.05, 3.63) is 60.5 Å². The molecular formula is C37H44FN9O6. The molecule has 2 fully saturated rings. The maximum atomic E-state index is 15.6. The Morgan fingerprint density at radius 1 is 0.830 bits per heavy atom. The number of esters is 1. The molecule has 0 unspecified atom stereocenters. The number of methoxy groups -OCH3 is 2. The number of amides is 3. The molecule has 2 aliphatic rings. The summed E-state index contributed by atoms with van der Waals surface area (Å²) in [7, 11) is 2.56. The maximum absolute atomic E-state index is 15.6. The maximum Gasteiger partial charge on any atom is 0.407 e. The standard InChI is InChI=1S/C37H44FN9O6/c1-20(2)31(45-37(51)53-5)36(50)47-13-7-9-29(47)34-42-19-27(44-34)24-11-10-22(15-25(24)38)32-39-16-23(17-40-32)26-18-41-33(43-26)28-8-6-12-46(28)35(49)21(3)14-30(48)52-4/h10-11,15-21,28-29,31H,6-9,12-14H2,1-5H3,(H,41,43)(H,42,44)(H,45,51)/t21-,28+,29+,31+/m1/s1. The molecule has 5 heterocycles. The van der Waals surface area contributed by atoms with Crippen LogP contribution in [0.15, 0.2) is 43.0 Å². The molecule has 53 heavy (non-hydrogen) atoms. The molecule has 3 amide bonds. The van der Waals surface area contributed by atoms with Gasteiger partial charge in [-0.2, -0.15) is 0 Å². The van der Waals surface area contributed by atoms with Crippen molar-refractivity contribution in [2.45, 2.75) is 71.0 Å². The fraction of sp³-hybridized carbons (Fsp3) is 0.459. The van der Waals surface area contributed by atoms with Gasteiger partial charge in [-0.05, 0) is 43.7 Å². The van der Waals surface area contributed by atoms with Crippen molar-refractivity contribution in [3.63, 3.8) is 0 Å². The predicted octanol–water partition coefficient (Wildman–Crippen LogP) is 4.97. The Labute approximate surface area is 306 Å². The van der Waals surface area contributed by atoms with Crippen molar-refractivity contribution in [1.29, 1.82) is 0 Å². The molecule has 16 heteroatoms. The van der Waals surface area contributed by atoms with Crippen molar-refractivity contribution >= 4 is 23.9 Å². The van der Waals surface area contributed by atoms with E-state index in [9.17, 15) is 19.2 Å². The van der Waals surface area contributed by atoms with Crippen LogP contribution < -0.4 is 5.32 Å². The van der Waals surface area contributed by atoms with Crippen LogP contribution in [0.3, 0.4) is 0 Å². The number of ether oxygens (including phenoxy) is 2. The minimum absolute atomic E-state index is 0.0178. The van der Waals surface area contributed by atoms with E-state index < -0.39 is 29.8 Å². The average molecular weight is 730 g/mol. The average Bonchev–Trinajstić information content (AvgIpc) is 3.99. The topological polar surface area (TPSA) is 188 Å². The normalized spacial score (nSPS) is 18.2. The first-order valence-corrected chi connectivity index (χ1v) is 17.7. The molecule has 1 aromatic carbocycles. The summed E-state index contributed by atoms with van der Waals surface area (Å²) in [5, 5.41) is 2.64. The van der Waals surface area contributed by atoms with Crippen LogP contribution in [-0.4, -0.2) is 96.9 Å². The molecule has 3 N–H and O–H groups in total. The smallest absolute Gasteiger partial charge is 0.407 e. The molecule has 0 saturated carbocycles. The van der Waals surface area contributed by atoms with Crippen LogP contribution in [0.4, 0.5) is 9.18 Å². The summed E-state index contributed by atoms with van der Waals surface area (Å²) < 4.78 is 25.0. The highest BCUT2D eigenvalue weighted by Gasteiger charge is 2.38. The van der Waals surface area contributed by atoms with Gasteiger partial charge in [0.1, 0.15) is 23.5 Å². The zero-order chi connectivity index (χ0) is 37.8. The summed E-state index contributed by atoms with van der Waals surface area (Å²) in [6, 6.07) is 3.38. The first-order chi connectivity index (χ1) is 25.5. The molecular weight excluding hydrogens is 685 g/mol. The third-order valence-corrected chi connectivity index (χ3v) is 9.89. The van der Waals surface area contributed by atoms with Gasteiger partial charge in [0, 0.05) is 48.1 Å². The lowest BCUT2D eigenvalue weighted by molar-refractivity contribution is -0.146. The molecule has 2 saturated heterocycles. The lowest BCUT2D eigenvalue weighted by atomic mass is 10.0. The Balaban J connectivity index is 1.12. The largest absolute Gasteiger partial charge is 0.469 e. The van der Waals surface area contributed by atoms with Crippen LogP contribution >= 0.6 is 0 Å². The highest BCUT2D eigenvalue weighted by Crippen LogP contribution is 2.35. The lowest BCUT2D eigenvalue weighted by Crippen LogP contribution is -2.51. The second-order valence-electron chi connectivity index (χ2n) is 13.8. The molecule has 0 aliphatic carbocycles. The number of H-pyrrole nitrogens is 2. The third-order valence-electron chi connectivity index (χ3n) is 9.89. The van der Waals surface area contributed by atoms with E-state index in [4.69, 9.17) is 9.47 Å². The van der Waals surface area contributed by atoms with Gasteiger partial charge < -0.3 is 34.6 Å². The van der Waals surface area contributed by atoms with E-state index in [0.29, 0.717) is 65.1 Å². The Hall–Kier alpha value is -5.67. The van der Waals surface area contributed by atoms with Crippen LogP contribution in [0.1, 0.15) is 76.6 Å². The Bertz CT molecular complexity index is 1960. The number of nitrogens with zero attached hydrogens (tertiary/aromatic N) is 6. The first-order valence-electron chi connectivity index (χ1n) is 17.7. The van der Waals surface area contributed by atoms with E-state index in [0.717, 1.165) is 19.3 Å². The summed E-state index contributed by atoms with van der Waals surface area (Å²) in [6.45, 7) is 6.51. The number of likely N-dealkylation sites (tertiary alicyclic amines) is 2. The number of benzene rings is 1. The first kappa shape index (κ1) is 37.1. The monoisotopic (exact) mass is 729 g/mol. The van der Waals surface area contributed by atoms with Gasteiger partial charge in [-0.1, -0.05) is 26.8 Å². The van der Waals surface area contributed by atoms with Crippen molar-refractivity contribution in [3.8, 4) is 33.9 Å². The van der Waals surface area contributed by atoms with Gasteiger partial charge in [0.05, 0.1) is 56.5 Å². The quantitative estimate of drug-likeness (QED) is 0.178. The minimum Gasteiger partial charge on any atom is -0.469 e. The number of hydrogen-bond donors (Lipinski definition) is 3. The van der Waals surface area contributed by atoms with Crippen LogP contribution in [0, 0.1) is 17.7 Å². The van der Waals surface area contributed by atoms with E-state index in [1.165, 1.54) is 20.3 Å². The summed E-state index contributed by atoms with van der Waals surface area (Å²) in [4.78, 5) is 78.2. The Morgan fingerprint density at radius 3 is 2.02 bits per heavy atom. The molecule has 0 spiro atoms. The molecule has 0 radical (unpaired) electrons. The second kappa shape index (κ2) is 15.9. The van der Waals surface area contributed by atoms with Crippen molar-refractivity contribution in [2.75, 3.05) is 27.3 Å². The van der Waals surface area contributed by atoms with Crippen molar-refractivity contribution in [1.82, 2.24) is 45.0 Å². The van der Waals surface area contributed by atoms with Crippen LogP contribution in [0.25, 0.3) is 33.9 Å². The Kier molecular flexibility index (Phi) is 11.1. The zero-order valence-corrected chi connectivity index (χ0v) is 30.4. The third kappa shape index (κ3) is 7.90. The number of carbonyl (C=O) groups excluding carboxylic acids is 4. The SMILES string of the molecule is COC(=O)C[C@@H](C)C(=O)N1CCC[C@H]1c1ncc(-c2cnc(-c3ccc(-c4cnc([C@@H]5CCCN5C(=O)[C@@H](NC(=O)OC)C(C)C)[nH]4)c(F)c3)nc2)[nH]1. The van der Waals surface area contributed by atoms with Gasteiger partial charge in [0.15, 0.2) is 5.82 Å². The second-order valence-corrected chi connectivity index (χ2v) is 13.8. The zero-order valence-electron chi connectivity index (χ0n) is 30.4. The number of alkyl carbamates (subject to hydrolysis) is 1. The number of halogens is 1.